The first kappa shape index (κ1) is 26.7. The number of hydrogen-bond acceptors (Lipinski definition) is 3. The molecule has 0 aromatic heterocycles. The molecule has 1 amide bonds. The number of aliphatic hydroxyl groups is 1. The second-order valence-corrected chi connectivity index (χ2v) is 9.96. The van der Waals surface area contributed by atoms with Gasteiger partial charge >= 0.3 is 5.97 Å². The Balaban J connectivity index is 1.84. The summed E-state index contributed by atoms with van der Waals surface area (Å²) in [4.78, 5) is 23.7. The molecular weight excluding hydrogens is 485 g/mol. The number of benzene rings is 3. The van der Waals surface area contributed by atoms with Crippen molar-refractivity contribution in [2.45, 2.75) is 50.7 Å². The van der Waals surface area contributed by atoms with Gasteiger partial charge in [-0.3, -0.25) is 9.59 Å². The number of aliphatic carboxylic acids is 1. The van der Waals surface area contributed by atoms with Gasteiger partial charge in [-0.05, 0) is 54.7 Å². The van der Waals surface area contributed by atoms with Crippen LogP contribution in [0, 0.1) is 0 Å². The summed E-state index contributed by atoms with van der Waals surface area (Å²) in [5.74, 6) is -1.68. The number of carbonyl (C=O) groups excluding carboxylic acids is 1. The summed E-state index contributed by atoms with van der Waals surface area (Å²) in [7, 11) is 0. The Labute approximate surface area is 215 Å². The molecule has 0 fully saturated rings. The molecule has 35 heavy (non-hydrogen) atoms. The summed E-state index contributed by atoms with van der Waals surface area (Å²) in [5.41, 5.74) is 2.56. The van der Waals surface area contributed by atoms with Gasteiger partial charge < -0.3 is 15.5 Å². The quantitative estimate of drug-likeness (QED) is 0.305. The number of rotatable bonds is 10. The molecule has 3 unspecified atom stereocenters. The van der Waals surface area contributed by atoms with Crippen LogP contribution in [-0.4, -0.2) is 33.7 Å². The molecule has 0 aliphatic heterocycles. The molecule has 0 spiro atoms. The van der Waals surface area contributed by atoms with E-state index in [1.165, 1.54) is 6.92 Å². The third-order valence-electron chi connectivity index (χ3n) is 5.95. The van der Waals surface area contributed by atoms with Crippen molar-refractivity contribution >= 4 is 35.1 Å². The van der Waals surface area contributed by atoms with Crippen molar-refractivity contribution in [2.24, 2.45) is 0 Å². The van der Waals surface area contributed by atoms with Crippen molar-refractivity contribution in [3.05, 3.63) is 94.0 Å². The summed E-state index contributed by atoms with van der Waals surface area (Å²) in [6, 6.07) is 23.4. The molecule has 3 aromatic carbocycles. The average molecular weight is 514 g/mol. The predicted octanol–water partition coefficient (Wildman–Crippen LogP) is 6.11. The topological polar surface area (TPSA) is 86.6 Å². The zero-order chi connectivity index (χ0) is 25.6. The smallest absolute Gasteiger partial charge is 0.306 e. The van der Waals surface area contributed by atoms with Gasteiger partial charge in [0.05, 0.1) is 28.5 Å². The van der Waals surface area contributed by atoms with Gasteiger partial charge in [0.2, 0.25) is 5.91 Å². The lowest BCUT2D eigenvalue weighted by atomic mass is 9.85. The number of carbonyl (C=O) groups is 2. The van der Waals surface area contributed by atoms with E-state index < -0.39 is 23.9 Å². The van der Waals surface area contributed by atoms with Gasteiger partial charge in [0.15, 0.2) is 0 Å². The van der Waals surface area contributed by atoms with Gasteiger partial charge in [-0.1, -0.05) is 83.9 Å². The molecule has 0 aliphatic rings. The maximum Gasteiger partial charge on any atom is 0.306 e. The molecule has 0 radical (unpaired) electrons. The molecule has 3 aromatic rings. The van der Waals surface area contributed by atoms with Crippen molar-refractivity contribution in [3.63, 3.8) is 0 Å². The SMILES string of the molecule is CC(NC(=O)CC(C)(O)CC(=O)O)C(Cc1ccc(Cl)c(Cl)c1)c1ccc(-c2ccccc2)cc1. The second kappa shape index (κ2) is 11.7. The lowest BCUT2D eigenvalue weighted by Crippen LogP contribution is -2.42. The standard InChI is InChI=1S/C28H29Cl2NO4/c1-18(31-26(32)16-28(2,35)17-27(33)34)23(14-19-8-13-24(29)25(30)15-19)22-11-9-21(10-12-22)20-6-4-3-5-7-20/h3-13,15,18,23,35H,14,16-17H2,1-2H3,(H,31,32)(H,33,34). The van der Waals surface area contributed by atoms with E-state index in [-0.39, 0.29) is 18.4 Å². The van der Waals surface area contributed by atoms with Gasteiger partial charge in [-0.2, -0.15) is 0 Å². The molecule has 0 aliphatic carbocycles. The summed E-state index contributed by atoms with van der Waals surface area (Å²) >= 11 is 12.3. The van der Waals surface area contributed by atoms with Crippen LogP contribution in [0.3, 0.4) is 0 Å². The first-order chi connectivity index (χ1) is 16.5. The van der Waals surface area contributed by atoms with Crippen molar-refractivity contribution in [1.82, 2.24) is 5.32 Å². The van der Waals surface area contributed by atoms with E-state index in [1.807, 2.05) is 61.5 Å². The minimum atomic E-state index is -1.63. The Morgan fingerprint density at radius 3 is 2.14 bits per heavy atom. The molecule has 0 saturated heterocycles. The predicted molar refractivity (Wildman–Crippen MR) is 140 cm³/mol. The van der Waals surface area contributed by atoms with Crippen molar-refractivity contribution in [3.8, 4) is 11.1 Å². The fraction of sp³-hybridized carbons (Fsp3) is 0.286. The van der Waals surface area contributed by atoms with Crippen LogP contribution in [0.25, 0.3) is 11.1 Å². The van der Waals surface area contributed by atoms with Crippen LogP contribution >= 0.6 is 23.2 Å². The van der Waals surface area contributed by atoms with E-state index in [2.05, 4.69) is 17.4 Å². The lowest BCUT2D eigenvalue weighted by molar-refractivity contribution is -0.143. The third kappa shape index (κ3) is 7.82. The molecule has 3 atom stereocenters. The molecule has 184 valence electrons. The van der Waals surface area contributed by atoms with Crippen molar-refractivity contribution < 1.29 is 19.8 Å². The van der Waals surface area contributed by atoms with E-state index in [0.29, 0.717) is 16.5 Å². The normalized spacial score (nSPS) is 14.5. The first-order valence-corrected chi connectivity index (χ1v) is 12.1. The van der Waals surface area contributed by atoms with Gasteiger partial charge in [0.25, 0.3) is 0 Å². The number of halogens is 2. The molecule has 5 nitrogen and oxygen atoms in total. The minimum Gasteiger partial charge on any atom is -0.481 e. The Kier molecular flexibility index (Phi) is 8.95. The van der Waals surface area contributed by atoms with Gasteiger partial charge in [-0.25, -0.2) is 0 Å². The Bertz CT molecular complexity index is 1160. The van der Waals surface area contributed by atoms with E-state index in [0.717, 1.165) is 22.3 Å². The zero-order valence-electron chi connectivity index (χ0n) is 19.7. The zero-order valence-corrected chi connectivity index (χ0v) is 21.2. The number of hydrogen-bond donors (Lipinski definition) is 3. The molecule has 7 heteroatoms. The Hall–Kier alpha value is -2.86. The van der Waals surface area contributed by atoms with E-state index >= 15 is 0 Å². The summed E-state index contributed by atoms with van der Waals surface area (Å²) in [5, 5.41) is 23.1. The van der Waals surface area contributed by atoms with Crippen molar-refractivity contribution in [1.29, 1.82) is 0 Å². The molecule has 0 bridgehead atoms. The van der Waals surface area contributed by atoms with Crippen LogP contribution in [0.2, 0.25) is 10.0 Å². The first-order valence-electron chi connectivity index (χ1n) is 11.4. The number of carboxylic acids is 1. The molecule has 0 saturated carbocycles. The summed E-state index contributed by atoms with van der Waals surface area (Å²) in [6.07, 6.45) is -0.229. The van der Waals surface area contributed by atoms with Crippen LogP contribution < -0.4 is 5.32 Å². The molecule has 0 heterocycles. The van der Waals surface area contributed by atoms with Crippen LogP contribution in [0.1, 0.15) is 43.7 Å². The average Bonchev–Trinajstić information content (AvgIpc) is 2.79. The van der Waals surface area contributed by atoms with Crippen LogP contribution in [0.15, 0.2) is 72.8 Å². The minimum absolute atomic E-state index is 0.106. The molecular formula is C28H29Cl2NO4. The van der Waals surface area contributed by atoms with Crippen LogP contribution in [0.5, 0.6) is 0 Å². The molecule has 3 N–H and O–H groups in total. The second-order valence-electron chi connectivity index (χ2n) is 9.15. The van der Waals surface area contributed by atoms with Gasteiger partial charge in [-0.15, -0.1) is 0 Å². The Morgan fingerprint density at radius 2 is 1.54 bits per heavy atom. The maximum atomic E-state index is 12.7. The van der Waals surface area contributed by atoms with Crippen LogP contribution in [0.4, 0.5) is 0 Å². The van der Waals surface area contributed by atoms with Crippen molar-refractivity contribution in [2.75, 3.05) is 0 Å². The fourth-order valence-electron chi connectivity index (χ4n) is 4.20. The molecule has 3 rings (SSSR count). The number of carboxylic acid groups (broad SMARTS) is 1. The highest BCUT2D eigenvalue weighted by Crippen LogP contribution is 2.30. The highest BCUT2D eigenvalue weighted by Gasteiger charge is 2.29. The Morgan fingerprint density at radius 1 is 0.914 bits per heavy atom. The van der Waals surface area contributed by atoms with Crippen LogP contribution in [-0.2, 0) is 16.0 Å². The van der Waals surface area contributed by atoms with Gasteiger partial charge in [0.1, 0.15) is 0 Å². The highest BCUT2D eigenvalue weighted by atomic mass is 35.5. The summed E-state index contributed by atoms with van der Waals surface area (Å²) in [6.45, 7) is 3.25. The van der Waals surface area contributed by atoms with E-state index in [1.54, 1.807) is 6.07 Å². The van der Waals surface area contributed by atoms with E-state index in [9.17, 15) is 14.7 Å². The highest BCUT2D eigenvalue weighted by molar-refractivity contribution is 6.42. The number of nitrogens with one attached hydrogen (secondary N) is 1. The lowest BCUT2D eigenvalue weighted by Gasteiger charge is -2.28. The monoisotopic (exact) mass is 513 g/mol. The number of amides is 1. The fourth-order valence-corrected chi connectivity index (χ4v) is 4.52. The van der Waals surface area contributed by atoms with E-state index in [4.69, 9.17) is 28.3 Å². The largest absolute Gasteiger partial charge is 0.481 e. The third-order valence-corrected chi connectivity index (χ3v) is 6.69. The maximum absolute atomic E-state index is 12.7. The summed E-state index contributed by atoms with van der Waals surface area (Å²) < 4.78 is 0. The van der Waals surface area contributed by atoms with Gasteiger partial charge in [0, 0.05) is 12.0 Å².